The van der Waals surface area contributed by atoms with Gasteiger partial charge in [0.25, 0.3) is 0 Å². The van der Waals surface area contributed by atoms with Crippen molar-refractivity contribution in [3.8, 4) is 5.75 Å². The van der Waals surface area contributed by atoms with Crippen LogP contribution in [0.5, 0.6) is 5.75 Å². The van der Waals surface area contributed by atoms with E-state index in [1.807, 2.05) is 29.2 Å². The number of carbonyl (C=O) groups is 2. The molecule has 1 aromatic rings. The Balaban J connectivity index is 1.88. The first-order chi connectivity index (χ1) is 11.6. The summed E-state index contributed by atoms with van der Waals surface area (Å²) in [4.78, 5) is 27.8. The van der Waals surface area contributed by atoms with Crippen LogP contribution in [0, 0.1) is 0 Å². The van der Waals surface area contributed by atoms with Crippen LogP contribution in [0.3, 0.4) is 0 Å². The summed E-state index contributed by atoms with van der Waals surface area (Å²) in [5, 5.41) is 0. The molecule has 0 bridgehead atoms. The third kappa shape index (κ3) is 5.41. The molecule has 0 aliphatic carbocycles. The molecule has 1 saturated heterocycles. The van der Waals surface area contributed by atoms with E-state index in [2.05, 4.69) is 0 Å². The highest BCUT2D eigenvalue weighted by atomic mass is 16.5. The number of hydrogen-bond acceptors (Lipinski definition) is 3. The molecular formula is C19H26N2O3. The van der Waals surface area contributed by atoms with Gasteiger partial charge < -0.3 is 14.5 Å². The Morgan fingerprint density at radius 1 is 1.21 bits per heavy atom. The Kier molecular flexibility index (Phi) is 6.85. The maximum Gasteiger partial charge on any atom is 0.246 e. The fourth-order valence-electron chi connectivity index (χ4n) is 2.74. The van der Waals surface area contributed by atoms with E-state index in [-0.39, 0.29) is 18.4 Å². The predicted octanol–water partition coefficient (Wildman–Crippen LogP) is 2.57. The number of likely N-dealkylation sites (N-methyl/N-ethyl adjacent to an activating group) is 1. The molecule has 0 radical (unpaired) electrons. The second-order valence-electron chi connectivity index (χ2n) is 6.10. The quantitative estimate of drug-likeness (QED) is 0.780. The molecule has 5 heteroatoms. The molecule has 1 aromatic carbocycles. The predicted molar refractivity (Wildman–Crippen MR) is 94.7 cm³/mol. The molecule has 2 rings (SSSR count). The number of benzene rings is 1. The molecule has 0 unspecified atom stereocenters. The Morgan fingerprint density at radius 2 is 1.92 bits per heavy atom. The first kappa shape index (κ1) is 18.0. The summed E-state index contributed by atoms with van der Waals surface area (Å²) in [6.07, 6.45) is 7.70. The average molecular weight is 330 g/mol. The van der Waals surface area contributed by atoms with E-state index in [1.165, 1.54) is 23.8 Å². The van der Waals surface area contributed by atoms with E-state index in [1.54, 1.807) is 20.2 Å². The van der Waals surface area contributed by atoms with E-state index in [4.69, 9.17) is 4.74 Å². The van der Waals surface area contributed by atoms with Gasteiger partial charge in [0.1, 0.15) is 5.75 Å². The van der Waals surface area contributed by atoms with Crippen molar-refractivity contribution in [1.29, 1.82) is 0 Å². The van der Waals surface area contributed by atoms with E-state index in [9.17, 15) is 9.59 Å². The number of carbonyl (C=O) groups excluding carboxylic acids is 2. The zero-order chi connectivity index (χ0) is 17.4. The SMILES string of the molecule is COc1cccc(/C=C/C(=O)N(C)CC(=O)N2CCCCCC2)c1. The van der Waals surface area contributed by atoms with E-state index >= 15 is 0 Å². The highest BCUT2D eigenvalue weighted by Gasteiger charge is 2.18. The minimum atomic E-state index is -0.180. The Bertz CT molecular complexity index is 590. The highest BCUT2D eigenvalue weighted by Crippen LogP contribution is 2.14. The van der Waals surface area contributed by atoms with Crippen LogP contribution < -0.4 is 4.74 Å². The van der Waals surface area contributed by atoms with Crippen LogP contribution >= 0.6 is 0 Å². The second-order valence-corrected chi connectivity index (χ2v) is 6.10. The van der Waals surface area contributed by atoms with Gasteiger partial charge in [-0.1, -0.05) is 25.0 Å². The van der Waals surface area contributed by atoms with Crippen LogP contribution in [-0.4, -0.2) is 55.4 Å². The van der Waals surface area contributed by atoms with Gasteiger partial charge in [-0.3, -0.25) is 9.59 Å². The number of ether oxygens (including phenoxy) is 1. The minimum absolute atomic E-state index is 0.0301. The van der Waals surface area contributed by atoms with Crippen molar-refractivity contribution in [2.45, 2.75) is 25.7 Å². The number of likely N-dealkylation sites (tertiary alicyclic amines) is 1. The van der Waals surface area contributed by atoms with Crippen LogP contribution in [0.2, 0.25) is 0 Å². The van der Waals surface area contributed by atoms with Crippen molar-refractivity contribution >= 4 is 17.9 Å². The topological polar surface area (TPSA) is 49.9 Å². The molecule has 24 heavy (non-hydrogen) atoms. The molecule has 0 N–H and O–H groups in total. The number of hydrogen-bond donors (Lipinski definition) is 0. The lowest BCUT2D eigenvalue weighted by Gasteiger charge is -2.23. The van der Waals surface area contributed by atoms with Gasteiger partial charge in [0.2, 0.25) is 11.8 Å². The largest absolute Gasteiger partial charge is 0.497 e. The average Bonchev–Trinajstić information content (AvgIpc) is 2.89. The summed E-state index contributed by atoms with van der Waals surface area (Å²) in [5.41, 5.74) is 0.884. The molecule has 2 amide bonds. The van der Waals surface area contributed by atoms with E-state index in [0.717, 1.165) is 37.2 Å². The van der Waals surface area contributed by atoms with Crippen LogP contribution in [0.15, 0.2) is 30.3 Å². The fraction of sp³-hybridized carbons (Fsp3) is 0.474. The number of rotatable bonds is 5. The van der Waals surface area contributed by atoms with Crippen molar-refractivity contribution in [2.75, 3.05) is 33.8 Å². The molecule has 5 nitrogen and oxygen atoms in total. The van der Waals surface area contributed by atoms with Gasteiger partial charge in [-0.2, -0.15) is 0 Å². The van der Waals surface area contributed by atoms with Gasteiger partial charge in [0, 0.05) is 26.2 Å². The van der Waals surface area contributed by atoms with Gasteiger partial charge in [-0.25, -0.2) is 0 Å². The second kappa shape index (κ2) is 9.11. The summed E-state index contributed by atoms with van der Waals surface area (Å²) in [7, 11) is 3.27. The lowest BCUT2D eigenvalue weighted by Crippen LogP contribution is -2.41. The maximum atomic E-state index is 12.3. The zero-order valence-corrected chi connectivity index (χ0v) is 14.5. The van der Waals surface area contributed by atoms with E-state index < -0.39 is 0 Å². The van der Waals surface area contributed by atoms with Crippen molar-refractivity contribution in [1.82, 2.24) is 9.80 Å². The maximum absolute atomic E-state index is 12.3. The number of amides is 2. The minimum Gasteiger partial charge on any atom is -0.497 e. The molecular weight excluding hydrogens is 304 g/mol. The number of nitrogens with zero attached hydrogens (tertiary/aromatic N) is 2. The van der Waals surface area contributed by atoms with Crippen molar-refractivity contribution in [3.63, 3.8) is 0 Å². The summed E-state index contributed by atoms with van der Waals surface area (Å²) in [6, 6.07) is 7.47. The van der Waals surface area contributed by atoms with Crippen LogP contribution in [0.25, 0.3) is 6.08 Å². The van der Waals surface area contributed by atoms with Gasteiger partial charge >= 0.3 is 0 Å². The van der Waals surface area contributed by atoms with Gasteiger partial charge in [-0.05, 0) is 36.6 Å². The first-order valence-electron chi connectivity index (χ1n) is 8.45. The lowest BCUT2D eigenvalue weighted by molar-refractivity contribution is -0.137. The molecule has 0 saturated carbocycles. The monoisotopic (exact) mass is 330 g/mol. The lowest BCUT2D eigenvalue weighted by atomic mass is 10.2. The van der Waals surface area contributed by atoms with Crippen LogP contribution in [-0.2, 0) is 9.59 Å². The van der Waals surface area contributed by atoms with Crippen LogP contribution in [0.1, 0.15) is 31.2 Å². The molecule has 0 aromatic heterocycles. The fourth-order valence-corrected chi connectivity index (χ4v) is 2.74. The summed E-state index contributed by atoms with van der Waals surface area (Å²) in [6.45, 7) is 1.74. The number of methoxy groups -OCH3 is 1. The Hall–Kier alpha value is -2.30. The molecule has 1 aliphatic rings. The highest BCUT2D eigenvalue weighted by molar-refractivity contribution is 5.94. The molecule has 0 atom stereocenters. The van der Waals surface area contributed by atoms with Gasteiger partial charge in [-0.15, -0.1) is 0 Å². The standard InChI is InChI=1S/C19H26N2O3/c1-20(15-19(23)21-12-5-3-4-6-13-21)18(22)11-10-16-8-7-9-17(14-16)24-2/h7-11,14H,3-6,12-13,15H2,1-2H3/b11-10+. The van der Waals surface area contributed by atoms with E-state index in [0.29, 0.717) is 0 Å². The first-order valence-corrected chi connectivity index (χ1v) is 8.45. The molecule has 130 valence electrons. The van der Waals surface area contributed by atoms with Gasteiger partial charge in [0.05, 0.1) is 13.7 Å². The summed E-state index contributed by atoms with van der Waals surface area (Å²) in [5.74, 6) is 0.595. The van der Waals surface area contributed by atoms with Crippen molar-refractivity contribution in [3.05, 3.63) is 35.9 Å². The smallest absolute Gasteiger partial charge is 0.246 e. The van der Waals surface area contributed by atoms with Crippen molar-refractivity contribution in [2.24, 2.45) is 0 Å². The Morgan fingerprint density at radius 3 is 2.58 bits per heavy atom. The zero-order valence-electron chi connectivity index (χ0n) is 14.5. The molecule has 1 fully saturated rings. The van der Waals surface area contributed by atoms with Crippen molar-refractivity contribution < 1.29 is 14.3 Å². The Labute approximate surface area is 143 Å². The normalized spacial score (nSPS) is 15.2. The van der Waals surface area contributed by atoms with Crippen LogP contribution in [0.4, 0.5) is 0 Å². The molecule has 1 heterocycles. The molecule has 0 spiro atoms. The summed E-state index contributed by atoms with van der Waals surface area (Å²) >= 11 is 0. The van der Waals surface area contributed by atoms with Gasteiger partial charge in [0.15, 0.2) is 0 Å². The molecule has 1 aliphatic heterocycles. The third-order valence-electron chi connectivity index (χ3n) is 4.22. The summed E-state index contributed by atoms with van der Waals surface area (Å²) < 4.78 is 5.16. The third-order valence-corrected chi connectivity index (χ3v) is 4.22.